The smallest absolute Gasteiger partial charge is 0.0165 e. The van der Waals surface area contributed by atoms with Gasteiger partial charge in [0.05, 0.1) is 0 Å². The Balaban J connectivity index is 2.03. The van der Waals surface area contributed by atoms with Crippen molar-refractivity contribution >= 4 is 0 Å². The topological polar surface area (TPSA) is 12.0 Å². The van der Waals surface area contributed by atoms with Crippen LogP contribution in [-0.4, -0.2) is 13.1 Å². The highest BCUT2D eigenvalue weighted by Gasteiger charge is 2.03. The van der Waals surface area contributed by atoms with E-state index in [2.05, 4.69) is 18.3 Å². The second-order valence-electron chi connectivity index (χ2n) is 3.28. The first-order chi connectivity index (χ1) is 5.43. The Kier molecular flexibility index (Phi) is 4.29. The first-order valence-electron chi connectivity index (χ1n) is 4.82. The zero-order chi connectivity index (χ0) is 7.94. The molecule has 1 aliphatic rings. The van der Waals surface area contributed by atoms with Crippen molar-refractivity contribution in [2.24, 2.45) is 0 Å². The maximum absolute atomic E-state index is 3.34. The van der Waals surface area contributed by atoms with Crippen molar-refractivity contribution < 1.29 is 0 Å². The molecule has 0 radical (unpaired) electrons. The monoisotopic (exact) mass is 153 g/mol. The maximum Gasteiger partial charge on any atom is 0.0165 e. The van der Waals surface area contributed by atoms with Crippen LogP contribution in [0.25, 0.3) is 0 Å². The lowest BCUT2D eigenvalue weighted by Crippen LogP contribution is -2.04. The standard InChI is InChI=1S/C10H19N/c1-2-3-4-5-6-10-7-8-11-9-10/h6,11H,2-5,7-9H2,1H3/b10-6-. The molecule has 0 aliphatic carbocycles. The summed E-state index contributed by atoms with van der Waals surface area (Å²) < 4.78 is 0. The summed E-state index contributed by atoms with van der Waals surface area (Å²) in [7, 11) is 0. The Morgan fingerprint density at radius 3 is 3.00 bits per heavy atom. The highest BCUT2D eigenvalue weighted by Crippen LogP contribution is 2.09. The molecule has 0 aromatic rings. The van der Waals surface area contributed by atoms with E-state index in [1.807, 2.05) is 0 Å². The predicted octanol–water partition coefficient (Wildman–Crippen LogP) is 2.49. The van der Waals surface area contributed by atoms with Crippen LogP contribution in [0.15, 0.2) is 11.6 Å². The summed E-state index contributed by atoms with van der Waals surface area (Å²) in [5.74, 6) is 0. The highest BCUT2D eigenvalue weighted by atomic mass is 14.9. The lowest BCUT2D eigenvalue weighted by atomic mass is 10.1. The van der Waals surface area contributed by atoms with E-state index in [-0.39, 0.29) is 0 Å². The number of nitrogens with one attached hydrogen (secondary N) is 1. The third-order valence-electron chi connectivity index (χ3n) is 2.22. The van der Waals surface area contributed by atoms with Gasteiger partial charge in [0.1, 0.15) is 0 Å². The molecule has 0 aromatic carbocycles. The average molecular weight is 153 g/mol. The number of unbranched alkanes of at least 4 members (excludes halogenated alkanes) is 3. The Morgan fingerprint density at radius 1 is 1.45 bits per heavy atom. The first-order valence-corrected chi connectivity index (χ1v) is 4.82. The molecule has 1 rings (SSSR count). The molecule has 0 unspecified atom stereocenters. The van der Waals surface area contributed by atoms with Crippen LogP contribution in [0.2, 0.25) is 0 Å². The van der Waals surface area contributed by atoms with Crippen molar-refractivity contribution in [3.63, 3.8) is 0 Å². The third kappa shape index (κ3) is 3.57. The predicted molar refractivity (Wildman–Crippen MR) is 49.7 cm³/mol. The van der Waals surface area contributed by atoms with Crippen LogP contribution in [0.1, 0.15) is 39.0 Å². The second kappa shape index (κ2) is 5.36. The summed E-state index contributed by atoms with van der Waals surface area (Å²) in [6.07, 6.45) is 9.10. The van der Waals surface area contributed by atoms with Crippen LogP contribution in [-0.2, 0) is 0 Å². The minimum atomic E-state index is 1.14. The van der Waals surface area contributed by atoms with E-state index in [0.717, 1.165) is 6.54 Å². The van der Waals surface area contributed by atoms with Crippen LogP contribution < -0.4 is 5.32 Å². The molecule has 1 N–H and O–H groups in total. The van der Waals surface area contributed by atoms with Crippen LogP contribution in [0.5, 0.6) is 0 Å². The van der Waals surface area contributed by atoms with E-state index >= 15 is 0 Å². The molecule has 0 bridgehead atoms. The molecule has 1 fully saturated rings. The van der Waals surface area contributed by atoms with Gasteiger partial charge in [-0.25, -0.2) is 0 Å². The fraction of sp³-hybridized carbons (Fsp3) is 0.800. The molecule has 1 heterocycles. The van der Waals surface area contributed by atoms with Crippen LogP contribution in [0, 0.1) is 0 Å². The Hall–Kier alpha value is -0.300. The minimum absolute atomic E-state index is 1.14. The second-order valence-corrected chi connectivity index (χ2v) is 3.28. The van der Waals surface area contributed by atoms with E-state index in [1.54, 1.807) is 5.57 Å². The van der Waals surface area contributed by atoms with Crippen molar-refractivity contribution in [1.29, 1.82) is 0 Å². The fourth-order valence-electron chi connectivity index (χ4n) is 1.46. The molecule has 0 aromatic heterocycles. The molecule has 1 aliphatic heterocycles. The highest BCUT2D eigenvalue weighted by molar-refractivity contribution is 5.08. The SMILES string of the molecule is CCCCC/C=C1/CCNC1. The van der Waals surface area contributed by atoms with Gasteiger partial charge in [-0.3, -0.25) is 0 Å². The zero-order valence-corrected chi connectivity index (χ0v) is 7.53. The summed E-state index contributed by atoms with van der Waals surface area (Å²) in [6.45, 7) is 4.59. The van der Waals surface area contributed by atoms with Gasteiger partial charge in [-0.05, 0) is 25.8 Å². The molecule has 11 heavy (non-hydrogen) atoms. The first kappa shape index (κ1) is 8.79. The van der Waals surface area contributed by atoms with Gasteiger partial charge >= 0.3 is 0 Å². The Labute approximate surface area is 69.9 Å². The van der Waals surface area contributed by atoms with E-state index < -0.39 is 0 Å². The van der Waals surface area contributed by atoms with Crippen molar-refractivity contribution in [2.75, 3.05) is 13.1 Å². The molecule has 0 saturated carbocycles. The number of rotatable bonds is 4. The van der Waals surface area contributed by atoms with Gasteiger partial charge in [0.15, 0.2) is 0 Å². The summed E-state index contributed by atoms with van der Waals surface area (Å²) in [6, 6.07) is 0. The molecule has 1 saturated heterocycles. The van der Waals surface area contributed by atoms with Crippen molar-refractivity contribution in [3.8, 4) is 0 Å². The Morgan fingerprint density at radius 2 is 2.36 bits per heavy atom. The quantitative estimate of drug-likeness (QED) is 0.483. The number of allylic oxidation sites excluding steroid dienone is 1. The van der Waals surface area contributed by atoms with E-state index in [4.69, 9.17) is 0 Å². The summed E-state index contributed by atoms with van der Waals surface area (Å²) in [5, 5.41) is 3.34. The molecular formula is C10H19N. The lowest BCUT2D eigenvalue weighted by molar-refractivity contribution is 0.726. The molecule has 1 heteroatoms. The normalized spacial score (nSPS) is 21.4. The largest absolute Gasteiger partial charge is 0.313 e. The maximum atomic E-state index is 3.34. The van der Waals surface area contributed by atoms with Gasteiger partial charge < -0.3 is 5.32 Å². The summed E-state index contributed by atoms with van der Waals surface area (Å²) >= 11 is 0. The molecular weight excluding hydrogens is 134 g/mol. The molecule has 0 amide bonds. The summed E-state index contributed by atoms with van der Waals surface area (Å²) in [5.41, 5.74) is 1.63. The number of hydrogen-bond acceptors (Lipinski definition) is 1. The van der Waals surface area contributed by atoms with Gasteiger partial charge in [-0.2, -0.15) is 0 Å². The molecule has 64 valence electrons. The van der Waals surface area contributed by atoms with Gasteiger partial charge in [0.2, 0.25) is 0 Å². The van der Waals surface area contributed by atoms with E-state index in [9.17, 15) is 0 Å². The van der Waals surface area contributed by atoms with Crippen molar-refractivity contribution in [3.05, 3.63) is 11.6 Å². The summed E-state index contributed by atoms with van der Waals surface area (Å²) in [4.78, 5) is 0. The molecule has 0 atom stereocenters. The number of hydrogen-bond donors (Lipinski definition) is 1. The average Bonchev–Trinajstić information content (AvgIpc) is 2.50. The third-order valence-corrected chi connectivity index (χ3v) is 2.22. The minimum Gasteiger partial charge on any atom is -0.313 e. The van der Waals surface area contributed by atoms with Gasteiger partial charge in [0, 0.05) is 6.54 Å². The lowest BCUT2D eigenvalue weighted by Gasteiger charge is -1.95. The van der Waals surface area contributed by atoms with Gasteiger partial charge in [0.25, 0.3) is 0 Å². The Bertz CT molecular complexity index is 119. The van der Waals surface area contributed by atoms with Crippen molar-refractivity contribution in [2.45, 2.75) is 39.0 Å². The van der Waals surface area contributed by atoms with E-state index in [0.29, 0.717) is 0 Å². The molecule has 1 nitrogen and oxygen atoms in total. The van der Waals surface area contributed by atoms with E-state index in [1.165, 1.54) is 38.6 Å². The van der Waals surface area contributed by atoms with Crippen LogP contribution in [0.4, 0.5) is 0 Å². The zero-order valence-electron chi connectivity index (χ0n) is 7.53. The fourth-order valence-corrected chi connectivity index (χ4v) is 1.46. The van der Waals surface area contributed by atoms with Crippen LogP contribution >= 0.6 is 0 Å². The van der Waals surface area contributed by atoms with Crippen molar-refractivity contribution in [1.82, 2.24) is 5.32 Å². The molecule has 0 spiro atoms. The van der Waals surface area contributed by atoms with Gasteiger partial charge in [-0.15, -0.1) is 0 Å². The van der Waals surface area contributed by atoms with Crippen LogP contribution in [0.3, 0.4) is 0 Å². The van der Waals surface area contributed by atoms with Gasteiger partial charge in [-0.1, -0.05) is 31.4 Å².